The van der Waals surface area contributed by atoms with E-state index >= 15 is 0 Å². The average Bonchev–Trinajstić information content (AvgIpc) is 3.35. The molecule has 4 nitrogen and oxygen atoms in total. The molecule has 1 aliphatic carbocycles. The number of nitrogens with zero attached hydrogens (tertiary/aromatic N) is 1. The van der Waals surface area contributed by atoms with Crippen molar-refractivity contribution in [3.8, 4) is 0 Å². The van der Waals surface area contributed by atoms with E-state index in [4.69, 9.17) is 16.3 Å². The normalized spacial score (nSPS) is 21.0. The van der Waals surface area contributed by atoms with Crippen LogP contribution in [0, 0.1) is 5.92 Å². The molecule has 1 saturated heterocycles. The van der Waals surface area contributed by atoms with E-state index in [9.17, 15) is 4.79 Å². The maximum atomic E-state index is 11.9. The number of hydrogen-bond acceptors (Lipinski definition) is 3. The molecule has 3 rings (SSSR count). The van der Waals surface area contributed by atoms with Gasteiger partial charge in [-0.2, -0.15) is 0 Å². The third-order valence-corrected chi connectivity index (χ3v) is 4.51. The molecular formula is C16H21ClN2O2. The minimum Gasteiger partial charge on any atom is -0.379 e. The van der Waals surface area contributed by atoms with Gasteiger partial charge in [0.05, 0.1) is 19.3 Å². The molecule has 2 aliphatic rings. The zero-order valence-electron chi connectivity index (χ0n) is 12.1. The van der Waals surface area contributed by atoms with Gasteiger partial charge in [0.2, 0.25) is 5.91 Å². The Hall–Kier alpha value is -1.10. The molecule has 1 aromatic carbocycles. The van der Waals surface area contributed by atoms with E-state index in [0.29, 0.717) is 6.54 Å². The number of amides is 1. The van der Waals surface area contributed by atoms with Crippen molar-refractivity contribution in [2.45, 2.75) is 18.9 Å². The van der Waals surface area contributed by atoms with Gasteiger partial charge in [0.15, 0.2) is 0 Å². The molecule has 1 aliphatic heterocycles. The molecule has 0 bridgehead atoms. The molecule has 0 unspecified atom stereocenters. The first-order valence-corrected chi connectivity index (χ1v) is 7.97. The van der Waals surface area contributed by atoms with Crippen molar-refractivity contribution < 1.29 is 9.53 Å². The summed E-state index contributed by atoms with van der Waals surface area (Å²) in [7, 11) is 0. The quantitative estimate of drug-likeness (QED) is 0.907. The number of nitrogens with one attached hydrogen (secondary N) is 1. The Balaban J connectivity index is 1.73. The highest BCUT2D eigenvalue weighted by atomic mass is 35.5. The summed E-state index contributed by atoms with van der Waals surface area (Å²) in [5, 5.41) is 3.85. The smallest absolute Gasteiger partial charge is 0.223 e. The van der Waals surface area contributed by atoms with E-state index in [0.717, 1.165) is 49.7 Å². The molecule has 1 atom stereocenters. The Morgan fingerprint density at radius 2 is 2.05 bits per heavy atom. The van der Waals surface area contributed by atoms with Crippen LogP contribution in [0.3, 0.4) is 0 Å². The van der Waals surface area contributed by atoms with Crippen LogP contribution in [-0.2, 0) is 9.53 Å². The fraction of sp³-hybridized carbons (Fsp3) is 0.562. The van der Waals surface area contributed by atoms with Gasteiger partial charge in [-0.15, -0.1) is 0 Å². The molecular weight excluding hydrogens is 288 g/mol. The number of rotatable bonds is 5. The summed E-state index contributed by atoms with van der Waals surface area (Å²) in [6.45, 7) is 3.82. The van der Waals surface area contributed by atoms with E-state index in [-0.39, 0.29) is 17.9 Å². The molecule has 21 heavy (non-hydrogen) atoms. The van der Waals surface area contributed by atoms with Crippen LogP contribution in [0.4, 0.5) is 0 Å². The summed E-state index contributed by atoms with van der Waals surface area (Å²) in [6, 6.07) is 8.01. The summed E-state index contributed by atoms with van der Waals surface area (Å²) in [5.41, 5.74) is 1.08. The van der Waals surface area contributed by atoms with Crippen molar-refractivity contribution in [1.29, 1.82) is 0 Å². The molecule has 1 heterocycles. The Bertz CT molecular complexity index is 499. The fourth-order valence-corrected chi connectivity index (χ4v) is 3.02. The number of benzene rings is 1. The Labute approximate surface area is 130 Å². The third kappa shape index (κ3) is 3.76. The van der Waals surface area contributed by atoms with E-state index in [1.807, 2.05) is 24.3 Å². The largest absolute Gasteiger partial charge is 0.379 e. The number of carbonyl (C=O) groups is 1. The minimum absolute atomic E-state index is 0.116. The van der Waals surface area contributed by atoms with E-state index in [2.05, 4.69) is 10.2 Å². The van der Waals surface area contributed by atoms with Crippen molar-refractivity contribution in [1.82, 2.24) is 10.2 Å². The number of hydrogen-bond donors (Lipinski definition) is 1. The number of morpholine rings is 1. The predicted molar refractivity (Wildman–Crippen MR) is 82.3 cm³/mol. The topological polar surface area (TPSA) is 41.6 Å². The number of ether oxygens (including phenoxy) is 1. The number of carbonyl (C=O) groups excluding carboxylic acids is 1. The lowest BCUT2D eigenvalue weighted by Crippen LogP contribution is -2.44. The first-order valence-electron chi connectivity index (χ1n) is 7.59. The summed E-state index contributed by atoms with van der Waals surface area (Å²) in [6.07, 6.45) is 2.06. The van der Waals surface area contributed by atoms with Gasteiger partial charge >= 0.3 is 0 Å². The highest BCUT2D eigenvalue weighted by Gasteiger charge is 2.31. The second-order valence-electron chi connectivity index (χ2n) is 5.71. The van der Waals surface area contributed by atoms with Crippen molar-refractivity contribution in [2.75, 3.05) is 32.8 Å². The van der Waals surface area contributed by atoms with Crippen molar-refractivity contribution in [3.05, 3.63) is 34.9 Å². The molecule has 0 radical (unpaired) electrons. The molecule has 5 heteroatoms. The lowest BCUT2D eigenvalue weighted by atomic mass is 10.0. The van der Waals surface area contributed by atoms with E-state index in [1.54, 1.807) is 0 Å². The zero-order valence-corrected chi connectivity index (χ0v) is 12.8. The van der Waals surface area contributed by atoms with Gasteiger partial charge in [0.25, 0.3) is 0 Å². The van der Waals surface area contributed by atoms with E-state index < -0.39 is 0 Å². The molecule has 1 N–H and O–H groups in total. The Morgan fingerprint density at radius 3 is 2.71 bits per heavy atom. The molecule has 0 spiro atoms. The summed E-state index contributed by atoms with van der Waals surface area (Å²) < 4.78 is 5.43. The maximum Gasteiger partial charge on any atom is 0.223 e. The van der Waals surface area contributed by atoms with Crippen LogP contribution in [-0.4, -0.2) is 43.7 Å². The standard InChI is InChI=1S/C16H21ClN2O2/c17-14-4-2-1-3-13(14)15(19-7-9-21-10-8-19)11-18-16(20)12-5-6-12/h1-4,12,15H,5-11H2,(H,18,20)/t15-/m1/s1. The molecule has 114 valence electrons. The maximum absolute atomic E-state index is 11.9. The van der Waals surface area contributed by atoms with Gasteiger partial charge in [0, 0.05) is 30.6 Å². The summed E-state index contributed by atoms with van der Waals surface area (Å²) in [5.74, 6) is 0.418. The van der Waals surface area contributed by atoms with Crippen molar-refractivity contribution in [2.24, 2.45) is 5.92 Å². The van der Waals surface area contributed by atoms with Crippen molar-refractivity contribution in [3.63, 3.8) is 0 Å². The monoisotopic (exact) mass is 308 g/mol. The number of halogens is 1. The zero-order chi connectivity index (χ0) is 14.7. The second kappa shape index (κ2) is 6.77. The predicted octanol–water partition coefficient (Wildman–Crippen LogP) is 2.24. The van der Waals surface area contributed by atoms with Gasteiger partial charge in [-0.25, -0.2) is 0 Å². The highest BCUT2D eigenvalue weighted by Crippen LogP contribution is 2.30. The summed E-state index contributed by atoms with van der Waals surface area (Å²) >= 11 is 6.36. The van der Waals surface area contributed by atoms with Crippen LogP contribution < -0.4 is 5.32 Å². The van der Waals surface area contributed by atoms with Crippen LogP contribution in [0.1, 0.15) is 24.4 Å². The first kappa shape index (κ1) is 14.8. The van der Waals surface area contributed by atoms with Gasteiger partial charge < -0.3 is 10.1 Å². The Morgan fingerprint density at radius 1 is 1.33 bits per heavy atom. The van der Waals surface area contributed by atoms with Gasteiger partial charge in [-0.1, -0.05) is 29.8 Å². The van der Waals surface area contributed by atoms with E-state index in [1.165, 1.54) is 0 Å². The molecule has 2 fully saturated rings. The van der Waals surface area contributed by atoms with Crippen LogP contribution in [0.2, 0.25) is 5.02 Å². The van der Waals surface area contributed by atoms with Gasteiger partial charge in [0.1, 0.15) is 0 Å². The average molecular weight is 309 g/mol. The molecule has 1 aromatic rings. The summed E-state index contributed by atoms with van der Waals surface area (Å²) in [4.78, 5) is 14.3. The highest BCUT2D eigenvalue weighted by molar-refractivity contribution is 6.31. The lowest BCUT2D eigenvalue weighted by molar-refractivity contribution is -0.122. The fourth-order valence-electron chi connectivity index (χ4n) is 2.76. The first-order chi connectivity index (χ1) is 10.3. The molecule has 1 saturated carbocycles. The van der Waals surface area contributed by atoms with Crippen LogP contribution in [0.15, 0.2) is 24.3 Å². The molecule has 1 amide bonds. The SMILES string of the molecule is O=C(NC[C@H](c1ccccc1Cl)N1CCOCC1)C1CC1. The minimum atomic E-state index is 0.116. The van der Waals surface area contributed by atoms with Gasteiger partial charge in [-0.05, 0) is 24.5 Å². The van der Waals surface area contributed by atoms with Crippen molar-refractivity contribution >= 4 is 17.5 Å². The van der Waals surface area contributed by atoms with Crippen LogP contribution in [0.5, 0.6) is 0 Å². The van der Waals surface area contributed by atoms with Crippen LogP contribution >= 0.6 is 11.6 Å². The third-order valence-electron chi connectivity index (χ3n) is 4.17. The van der Waals surface area contributed by atoms with Gasteiger partial charge in [-0.3, -0.25) is 9.69 Å². The molecule has 0 aromatic heterocycles. The second-order valence-corrected chi connectivity index (χ2v) is 6.11. The van der Waals surface area contributed by atoms with Crippen LogP contribution in [0.25, 0.3) is 0 Å². The Kier molecular flexibility index (Phi) is 4.78. The lowest BCUT2D eigenvalue weighted by Gasteiger charge is -2.35.